The Morgan fingerprint density at radius 3 is 2.31 bits per heavy atom. The van der Waals surface area contributed by atoms with E-state index >= 15 is 0 Å². The van der Waals surface area contributed by atoms with Crippen molar-refractivity contribution in [3.63, 3.8) is 0 Å². The van der Waals surface area contributed by atoms with Crippen LogP contribution in [0.25, 0.3) is 0 Å². The number of hydrogen-bond acceptors (Lipinski definition) is 4. The van der Waals surface area contributed by atoms with Gasteiger partial charge in [0.2, 0.25) is 0 Å². The van der Waals surface area contributed by atoms with Crippen molar-refractivity contribution >= 4 is 15.8 Å². The third-order valence-corrected chi connectivity index (χ3v) is 6.79. The first-order valence-corrected chi connectivity index (χ1v) is 11.7. The summed E-state index contributed by atoms with van der Waals surface area (Å²) < 4.78 is 30.7. The van der Waals surface area contributed by atoms with Gasteiger partial charge in [-0.1, -0.05) is 36.4 Å². The van der Waals surface area contributed by atoms with E-state index in [2.05, 4.69) is 15.2 Å². The lowest BCUT2D eigenvalue weighted by molar-refractivity contribution is 0.129. The molecule has 1 N–H and O–H groups in total. The predicted molar refractivity (Wildman–Crippen MR) is 116 cm³/mol. The Balaban J connectivity index is 1.41. The summed E-state index contributed by atoms with van der Waals surface area (Å²) in [6, 6.07) is 18.5. The van der Waals surface area contributed by atoms with Crippen LogP contribution in [0.2, 0.25) is 0 Å². The fourth-order valence-corrected chi connectivity index (χ4v) is 4.75. The summed E-state index contributed by atoms with van der Waals surface area (Å²) >= 11 is 0. The molecule has 0 radical (unpaired) electrons. The monoisotopic (exact) mass is 415 g/mol. The molecule has 2 aromatic carbocycles. The molecule has 3 rings (SSSR count). The minimum Gasteiger partial charge on any atom is -0.490 e. The molecule has 1 heterocycles. The third-order valence-electron chi connectivity index (χ3n) is 4.97. The number of sulfone groups is 1. The summed E-state index contributed by atoms with van der Waals surface area (Å²) in [5.41, 5.74) is 0. The van der Waals surface area contributed by atoms with Gasteiger partial charge in [0.15, 0.2) is 15.8 Å². The Morgan fingerprint density at radius 2 is 1.69 bits per heavy atom. The molecular formula is C22H29N3O3S. The van der Waals surface area contributed by atoms with Crippen molar-refractivity contribution in [2.75, 3.05) is 32.4 Å². The zero-order valence-electron chi connectivity index (χ0n) is 16.8. The van der Waals surface area contributed by atoms with Crippen LogP contribution in [0.1, 0.15) is 19.3 Å². The second kappa shape index (κ2) is 10.3. The molecule has 0 aromatic heterocycles. The molecule has 0 spiro atoms. The van der Waals surface area contributed by atoms with Gasteiger partial charge in [-0.15, -0.1) is 0 Å². The first-order valence-electron chi connectivity index (χ1n) is 10.0. The number of benzene rings is 2. The molecule has 2 aromatic rings. The van der Waals surface area contributed by atoms with Crippen molar-refractivity contribution in [1.82, 2.24) is 10.2 Å². The van der Waals surface area contributed by atoms with E-state index < -0.39 is 9.84 Å². The van der Waals surface area contributed by atoms with E-state index in [1.807, 2.05) is 36.4 Å². The SMILES string of the molecule is CN=C(NCCCS(=O)(=O)c1ccccc1)N1CCC(Oc2ccccc2)CC1. The second-order valence-electron chi connectivity index (χ2n) is 7.08. The van der Waals surface area contributed by atoms with Crippen molar-refractivity contribution < 1.29 is 13.2 Å². The fourth-order valence-electron chi connectivity index (χ4n) is 3.42. The molecule has 0 atom stereocenters. The molecule has 1 saturated heterocycles. The normalized spacial score (nSPS) is 15.9. The number of nitrogens with one attached hydrogen (secondary N) is 1. The largest absolute Gasteiger partial charge is 0.490 e. The van der Waals surface area contributed by atoms with Crippen molar-refractivity contribution in [3.05, 3.63) is 60.7 Å². The summed E-state index contributed by atoms with van der Waals surface area (Å²) in [6.07, 6.45) is 2.60. The molecule has 1 fully saturated rings. The predicted octanol–water partition coefficient (Wildman–Crippen LogP) is 2.97. The Hall–Kier alpha value is -2.54. The maximum Gasteiger partial charge on any atom is 0.193 e. The quantitative estimate of drug-likeness (QED) is 0.428. The lowest BCUT2D eigenvalue weighted by atomic mass is 10.1. The van der Waals surface area contributed by atoms with E-state index in [-0.39, 0.29) is 11.9 Å². The van der Waals surface area contributed by atoms with Crippen LogP contribution in [0, 0.1) is 0 Å². The van der Waals surface area contributed by atoms with E-state index in [0.29, 0.717) is 17.9 Å². The Morgan fingerprint density at radius 1 is 1.07 bits per heavy atom. The topological polar surface area (TPSA) is 71.0 Å². The molecule has 1 aliphatic rings. The molecule has 1 aliphatic heterocycles. The van der Waals surface area contributed by atoms with Gasteiger partial charge in [-0.2, -0.15) is 0 Å². The lowest BCUT2D eigenvalue weighted by Crippen LogP contribution is -2.47. The molecule has 0 saturated carbocycles. The Kier molecular flexibility index (Phi) is 7.52. The number of aliphatic imine (C=N–C) groups is 1. The molecule has 0 unspecified atom stereocenters. The summed E-state index contributed by atoms with van der Waals surface area (Å²) in [6.45, 7) is 2.29. The Bertz CT molecular complexity index is 878. The van der Waals surface area contributed by atoms with E-state index in [1.54, 1.807) is 31.3 Å². The first kappa shape index (κ1) is 21.2. The maximum atomic E-state index is 12.4. The summed E-state index contributed by atoms with van der Waals surface area (Å²) in [5.74, 6) is 1.85. The zero-order chi connectivity index (χ0) is 20.5. The van der Waals surface area contributed by atoms with Gasteiger partial charge < -0.3 is 15.0 Å². The van der Waals surface area contributed by atoms with Crippen LogP contribution < -0.4 is 10.1 Å². The number of ether oxygens (including phenoxy) is 1. The number of hydrogen-bond donors (Lipinski definition) is 1. The highest BCUT2D eigenvalue weighted by Gasteiger charge is 2.22. The highest BCUT2D eigenvalue weighted by atomic mass is 32.2. The molecule has 29 heavy (non-hydrogen) atoms. The van der Waals surface area contributed by atoms with Crippen LogP contribution in [0.15, 0.2) is 70.6 Å². The third kappa shape index (κ3) is 6.22. The van der Waals surface area contributed by atoms with Crippen molar-refractivity contribution in [2.45, 2.75) is 30.3 Å². The summed E-state index contributed by atoms with van der Waals surface area (Å²) in [4.78, 5) is 6.94. The van der Waals surface area contributed by atoms with Gasteiger partial charge in [-0.05, 0) is 30.7 Å². The molecular weight excluding hydrogens is 386 g/mol. The molecule has 0 aliphatic carbocycles. The maximum absolute atomic E-state index is 12.4. The van der Waals surface area contributed by atoms with E-state index in [9.17, 15) is 8.42 Å². The summed E-state index contributed by atoms with van der Waals surface area (Å²) in [5, 5.41) is 3.30. The van der Waals surface area contributed by atoms with Crippen molar-refractivity contribution in [1.29, 1.82) is 0 Å². The average Bonchev–Trinajstić information content (AvgIpc) is 2.76. The highest BCUT2D eigenvalue weighted by molar-refractivity contribution is 7.91. The van der Waals surface area contributed by atoms with Crippen LogP contribution in [-0.4, -0.2) is 57.8 Å². The van der Waals surface area contributed by atoms with Crippen molar-refractivity contribution in [3.8, 4) is 5.75 Å². The molecule has 0 amide bonds. The molecule has 7 heteroatoms. The molecule has 156 valence electrons. The van der Waals surface area contributed by atoms with Gasteiger partial charge in [-0.3, -0.25) is 4.99 Å². The fraction of sp³-hybridized carbons (Fsp3) is 0.409. The smallest absolute Gasteiger partial charge is 0.193 e. The summed E-state index contributed by atoms with van der Waals surface area (Å²) in [7, 11) is -1.48. The number of guanidine groups is 1. The first-order chi connectivity index (χ1) is 14.1. The second-order valence-corrected chi connectivity index (χ2v) is 9.19. The number of rotatable bonds is 7. The zero-order valence-corrected chi connectivity index (χ0v) is 17.6. The van der Waals surface area contributed by atoms with Crippen LogP contribution >= 0.6 is 0 Å². The number of para-hydroxylation sites is 1. The minimum atomic E-state index is -3.24. The van der Waals surface area contributed by atoms with Crippen LogP contribution in [0.3, 0.4) is 0 Å². The van der Waals surface area contributed by atoms with Gasteiger partial charge in [-0.25, -0.2) is 8.42 Å². The highest BCUT2D eigenvalue weighted by Crippen LogP contribution is 2.18. The lowest BCUT2D eigenvalue weighted by Gasteiger charge is -2.34. The van der Waals surface area contributed by atoms with Gasteiger partial charge in [0.1, 0.15) is 11.9 Å². The molecule has 0 bridgehead atoms. The van der Waals surface area contributed by atoms with Gasteiger partial charge in [0.25, 0.3) is 0 Å². The van der Waals surface area contributed by atoms with E-state index in [4.69, 9.17) is 4.74 Å². The van der Waals surface area contributed by atoms with Crippen LogP contribution in [0.5, 0.6) is 5.75 Å². The average molecular weight is 416 g/mol. The van der Waals surface area contributed by atoms with Crippen LogP contribution in [-0.2, 0) is 9.84 Å². The van der Waals surface area contributed by atoms with Crippen molar-refractivity contribution in [2.24, 2.45) is 4.99 Å². The van der Waals surface area contributed by atoms with E-state index in [1.165, 1.54) is 0 Å². The standard InChI is InChI=1S/C22H29N3O3S/c1-23-22(24-15-8-18-29(26,27)21-11-6-3-7-12-21)25-16-13-20(14-17-25)28-19-9-4-2-5-10-19/h2-7,9-12,20H,8,13-18H2,1H3,(H,23,24). The number of piperidine rings is 1. The minimum absolute atomic E-state index is 0.119. The van der Waals surface area contributed by atoms with Crippen LogP contribution in [0.4, 0.5) is 0 Å². The van der Waals surface area contributed by atoms with E-state index in [0.717, 1.165) is 37.6 Å². The molecule has 6 nitrogen and oxygen atoms in total. The van der Waals surface area contributed by atoms with Gasteiger partial charge >= 0.3 is 0 Å². The number of nitrogens with zero attached hydrogens (tertiary/aromatic N) is 2. The van der Waals surface area contributed by atoms with Gasteiger partial charge in [0.05, 0.1) is 10.6 Å². The number of likely N-dealkylation sites (tertiary alicyclic amines) is 1. The van der Waals surface area contributed by atoms with Gasteiger partial charge in [0, 0.05) is 39.5 Å². The Labute approximate surface area is 173 Å².